The van der Waals surface area contributed by atoms with E-state index in [0.29, 0.717) is 25.5 Å². The van der Waals surface area contributed by atoms with Gasteiger partial charge in [0, 0.05) is 44.0 Å². The molecule has 2 aromatic rings. The largest absolute Gasteiger partial charge is 0.390 e. The zero-order valence-corrected chi connectivity index (χ0v) is 37.6. The first-order valence-electron chi connectivity index (χ1n) is 20.2. The number of hydrazine groups is 1. The first-order valence-corrected chi connectivity index (χ1v) is 21.8. The minimum absolute atomic E-state index is 0.0212. The van der Waals surface area contributed by atoms with Gasteiger partial charge >= 0.3 is 0 Å². The first-order chi connectivity index (χ1) is 27.8. The SMILES string of the molecule is CC.CC.CCCN(CCC)CC(=O)N1NC(c2ccc3c(c2)CSC3)N=C1N(CCC)CC(=O)Nc1ccc(C(C)(F)F)cc1Cl.CCN=CN=C(CO)C(C)=O. The molecule has 0 aromatic heterocycles. The van der Waals surface area contributed by atoms with Crippen LogP contribution in [-0.4, -0.2) is 101 Å². The smallest absolute Gasteiger partial charge is 0.270 e. The van der Waals surface area contributed by atoms with Crippen molar-refractivity contribution in [1.29, 1.82) is 0 Å². The van der Waals surface area contributed by atoms with E-state index in [9.17, 15) is 23.2 Å². The number of halogens is 3. The molecule has 2 aliphatic heterocycles. The Balaban J connectivity index is 0.000000961. The predicted octanol–water partition coefficient (Wildman–Crippen LogP) is 8.48. The van der Waals surface area contributed by atoms with Gasteiger partial charge in [0.15, 0.2) is 5.78 Å². The summed E-state index contributed by atoms with van der Waals surface area (Å²) >= 11 is 8.11. The number of benzene rings is 2. The Bertz CT molecular complexity index is 1680. The number of hydrogen-bond acceptors (Lipinski definition) is 10. The molecule has 16 heteroatoms. The van der Waals surface area contributed by atoms with Crippen molar-refractivity contribution in [3.63, 3.8) is 0 Å². The number of nitrogens with one attached hydrogen (secondary N) is 2. The molecule has 2 aliphatic rings. The van der Waals surface area contributed by atoms with Gasteiger partial charge in [-0.25, -0.2) is 23.8 Å². The summed E-state index contributed by atoms with van der Waals surface area (Å²) in [4.78, 5) is 53.9. The quantitative estimate of drug-likeness (QED) is 0.106. The van der Waals surface area contributed by atoms with E-state index in [-0.39, 0.29) is 53.4 Å². The van der Waals surface area contributed by atoms with Gasteiger partial charge in [0.1, 0.15) is 24.8 Å². The Hall–Kier alpha value is -3.76. The maximum atomic E-state index is 13.8. The molecule has 324 valence electrons. The second-order valence-corrected chi connectivity index (χ2v) is 14.3. The highest BCUT2D eigenvalue weighted by molar-refractivity contribution is 7.98. The van der Waals surface area contributed by atoms with E-state index in [4.69, 9.17) is 21.7 Å². The first kappa shape index (κ1) is 52.3. The number of fused-ring (bicyclic) bond motifs is 1. The Morgan fingerprint density at radius 3 is 2.19 bits per heavy atom. The number of rotatable bonds is 17. The number of ketones is 1. The van der Waals surface area contributed by atoms with Gasteiger partial charge in [0.05, 0.1) is 23.9 Å². The van der Waals surface area contributed by atoms with Gasteiger partial charge in [-0.05, 0) is 68.1 Å². The maximum Gasteiger partial charge on any atom is 0.270 e. The van der Waals surface area contributed by atoms with Crippen LogP contribution in [-0.2, 0) is 31.8 Å². The number of aliphatic imine (C=N–C) groups is 3. The minimum Gasteiger partial charge on any atom is -0.390 e. The highest BCUT2D eigenvalue weighted by atomic mass is 35.5. The number of nitrogens with zero attached hydrogens (tertiary/aromatic N) is 6. The third-order valence-electron chi connectivity index (χ3n) is 8.34. The Morgan fingerprint density at radius 1 is 1.00 bits per heavy atom. The number of alkyl halides is 2. The Morgan fingerprint density at radius 2 is 1.64 bits per heavy atom. The number of Topliss-reactive ketones (excluding diaryl/α,β-unsaturated/α-hetero) is 1. The molecule has 0 bridgehead atoms. The lowest BCUT2D eigenvalue weighted by molar-refractivity contribution is -0.131. The third-order valence-corrected chi connectivity index (χ3v) is 9.68. The van der Waals surface area contributed by atoms with Crippen LogP contribution in [0.15, 0.2) is 51.4 Å². The molecule has 0 spiro atoms. The highest BCUT2D eigenvalue weighted by Gasteiger charge is 2.35. The number of amides is 2. The number of thioether (sulfide) groups is 1. The molecule has 0 fully saturated rings. The van der Waals surface area contributed by atoms with Crippen LogP contribution in [0.4, 0.5) is 14.5 Å². The average molecular weight is 852 g/mol. The average Bonchev–Trinajstić information content (AvgIpc) is 3.87. The lowest BCUT2D eigenvalue weighted by Gasteiger charge is -2.30. The summed E-state index contributed by atoms with van der Waals surface area (Å²) in [5.74, 6) is -1.52. The highest BCUT2D eigenvalue weighted by Crippen LogP contribution is 2.34. The predicted molar refractivity (Wildman–Crippen MR) is 237 cm³/mol. The van der Waals surface area contributed by atoms with Crippen molar-refractivity contribution in [2.45, 2.75) is 112 Å². The van der Waals surface area contributed by atoms with Crippen LogP contribution < -0.4 is 10.7 Å². The number of carbonyl (C=O) groups excluding carboxylic acids is 3. The summed E-state index contributed by atoms with van der Waals surface area (Å²) in [6.45, 7) is 20.6. The van der Waals surface area contributed by atoms with Gasteiger partial charge in [-0.3, -0.25) is 24.3 Å². The molecule has 4 rings (SSSR count). The van der Waals surface area contributed by atoms with Gasteiger partial charge < -0.3 is 15.3 Å². The van der Waals surface area contributed by atoms with Gasteiger partial charge in [-0.15, -0.1) is 0 Å². The molecule has 1 atom stereocenters. The zero-order valence-electron chi connectivity index (χ0n) is 36.0. The summed E-state index contributed by atoms with van der Waals surface area (Å²) in [6.07, 6.45) is 3.36. The minimum atomic E-state index is -3.05. The van der Waals surface area contributed by atoms with Crippen LogP contribution in [0.2, 0.25) is 5.02 Å². The fourth-order valence-electron chi connectivity index (χ4n) is 5.67. The van der Waals surface area contributed by atoms with E-state index in [1.165, 1.54) is 41.5 Å². The molecule has 0 radical (unpaired) electrons. The molecule has 0 saturated heterocycles. The van der Waals surface area contributed by atoms with E-state index in [0.717, 1.165) is 56.0 Å². The van der Waals surface area contributed by atoms with E-state index in [1.807, 2.05) is 59.4 Å². The summed E-state index contributed by atoms with van der Waals surface area (Å²) in [7, 11) is 0. The fourth-order valence-corrected chi connectivity index (χ4v) is 6.99. The van der Waals surface area contributed by atoms with Crippen molar-refractivity contribution < 1.29 is 28.3 Å². The van der Waals surface area contributed by atoms with Crippen LogP contribution in [0.3, 0.4) is 0 Å². The van der Waals surface area contributed by atoms with E-state index in [1.54, 1.807) is 4.90 Å². The van der Waals surface area contributed by atoms with Crippen molar-refractivity contribution in [1.82, 2.24) is 20.2 Å². The summed E-state index contributed by atoms with van der Waals surface area (Å²) in [5, 5.41) is 12.8. The molecule has 58 heavy (non-hydrogen) atoms. The monoisotopic (exact) mass is 850 g/mol. The van der Waals surface area contributed by atoms with Gasteiger partial charge in [0.25, 0.3) is 11.8 Å². The van der Waals surface area contributed by atoms with Crippen molar-refractivity contribution in [3.05, 3.63) is 63.7 Å². The Labute approximate surface area is 354 Å². The number of hydrogen-bond donors (Lipinski definition) is 3. The normalized spacial score (nSPS) is 14.7. The molecule has 2 aromatic carbocycles. The summed E-state index contributed by atoms with van der Waals surface area (Å²) in [6, 6.07) is 10.1. The number of anilines is 1. The summed E-state index contributed by atoms with van der Waals surface area (Å²) in [5.41, 5.74) is 6.99. The van der Waals surface area contributed by atoms with Crippen LogP contribution in [0.25, 0.3) is 0 Å². The second kappa shape index (κ2) is 27.8. The molecule has 2 heterocycles. The molecule has 12 nitrogen and oxygen atoms in total. The molecular weight excluding hydrogens is 786 g/mol. The molecule has 3 N–H and O–H groups in total. The van der Waals surface area contributed by atoms with Gasteiger partial charge in [-0.2, -0.15) is 17.2 Å². The Kier molecular flexibility index (Phi) is 25.1. The fraction of sp³-hybridized carbons (Fsp3) is 0.571. The van der Waals surface area contributed by atoms with E-state index in [2.05, 4.69) is 51.6 Å². The van der Waals surface area contributed by atoms with Crippen LogP contribution >= 0.6 is 23.4 Å². The molecular formula is C42H65ClF2N8O4S. The zero-order chi connectivity index (χ0) is 43.8. The van der Waals surface area contributed by atoms with Crippen LogP contribution in [0.5, 0.6) is 0 Å². The van der Waals surface area contributed by atoms with Gasteiger partial charge in [-0.1, -0.05) is 84.3 Å². The standard InChI is InChI=1S/C31H41ClF2N6O2S.C7H12N2O2.2C2H6/c1-5-12-38(13-6-2)18-28(42)40-30(36-29(37-40)21-8-9-22-19-43-20-23(22)15-21)39(14-7-3)17-27(41)35-26-11-10-24(16-25(26)32)31(4,33)34;1-3-8-5-9-7(4-10)6(2)11;2*1-2/h8-11,15-16,29,37H,5-7,12-14,17-20H2,1-4H3,(H,35,41);5,10H,3-4H2,1-2H3;2*1-2H3. The van der Waals surface area contributed by atoms with E-state index < -0.39 is 18.0 Å². The van der Waals surface area contributed by atoms with Crippen molar-refractivity contribution in [2.75, 3.05) is 51.2 Å². The van der Waals surface area contributed by atoms with Crippen LogP contribution in [0, 0.1) is 0 Å². The maximum absolute atomic E-state index is 13.8. The molecule has 0 aliphatic carbocycles. The van der Waals surface area contributed by atoms with E-state index >= 15 is 0 Å². The van der Waals surface area contributed by atoms with Crippen molar-refractivity contribution >= 4 is 64.7 Å². The van der Waals surface area contributed by atoms with Gasteiger partial charge in [0.2, 0.25) is 11.9 Å². The molecule has 1 unspecified atom stereocenters. The molecule has 2 amide bonds. The lowest BCUT2D eigenvalue weighted by Crippen LogP contribution is -2.54. The topological polar surface area (TPSA) is 142 Å². The molecule has 0 saturated carbocycles. The number of guanidine groups is 1. The second-order valence-electron chi connectivity index (χ2n) is 12.9. The van der Waals surface area contributed by atoms with Crippen LogP contribution in [0.1, 0.15) is 117 Å². The lowest BCUT2D eigenvalue weighted by atomic mass is 10.1. The summed E-state index contributed by atoms with van der Waals surface area (Å²) < 4.78 is 27.5. The number of aliphatic hydroxyl groups excluding tert-OH is 1. The van der Waals surface area contributed by atoms with Crippen molar-refractivity contribution in [2.24, 2.45) is 15.0 Å². The number of carbonyl (C=O) groups is 3. The third kappa shape index (κ3) is 16.8. The number of aliphatic hydroxyl groups is 1. The van der Waals surface area contributed by atoms with Crippen molar-refractivity contribution in [3.8, 4) is 0 Å².